The minimum Gasteiger partial charge on any atom is -0.0654 e. The van der Waals surface area contributed by atoms with Crippen LogP contribution in [0.2, 0.25) is 0 Å². The summed E-state index contributed by atoms with van der Waals surface area (Å²) in [6.45, 7) is 11.3. The van der Waals surface area contributed by atoms with Crippen LogP contribution in [0.4, 0.5) is 0 Å². The average molecular weight is 156 g/mol. The molecule has 0 N–H and O–H groups in total. The first-order valence-electron chi connectivity index (χ1n) is 4.98. The standard InChI is InChI=1S/C6H14.C5H10/c1-4-5-6(2)3;1-5(2)3-4-5/h6H,4-5H2,1-3H3;3-4H2,1-2H3. The summed E-state index contributed by atoms with van der Waals surface area (Å²) < 4.78 is 0. The van der Waals surface area contributed by atoms with E-state index in [-0.39, 0.29) is 0 Å². The lowest BCUT2D eigenvalue weighted by atomic mass is 10.1. The van der Waals surface area contributed by atoms with E-state index in [0.717, 1.165) is 11.3 Å². The summed E-state index contributed by atoms with van der Waals surface area (Å²) in [5.41, 5.74) is 0.750. The van der Waals surface area contributed by atoms with Gasteiger partial charge in [0, 0.05) is 0 Å². The topological polar surface area (TPSA) is 0 Å². The Labute approximate surface area is 72.4 Å². The summed E-state index contributed by atoms with van der Waals surface area (Å²) in [6.07, 6.45) is 5.61. The fourth-order valence-electron chi connectivity index (χ4n) is 0.827. The van der Waals surface area contributed by atoms with Crippen LogP contribution in [0.3, 0.4) is 0 Å². The Hall–Kier alpha value is 0. The van der Waals surface area contributed by atoms with Crippen molar-refractivity contribution in [3.8, 4) is 0 Å². The van der Waals surface area contributed by atoms with E-state index >= 15 is 0 Å². The van der Waals surface area contributed by atoms with Gasteiger partial charge in [0.15, 0.2) is 0 Å². The Morgan fingerprint density at radius 3 is 1.55 bits per heavy atom. The van der Waals surface area contributed by atoms with Gasteiger partial charge in [-0.05, 0) is 24.2 Å². The molecule has 0 unspecified atom stereocenters. The summed E-state index contributed by atoms with van der Waals surface area (Å²) in [4.78, 5) is 0. The van der Waals surface area contributed by atoms with E-state index in [1.165, 1.54) is 25.7 Å². The normalized spacial score (nSPS) is 19.1. The zero-order chi connectivity index (χ0) is 8.91. The molecule has 0 aromatic heterocycles. The first-order valence-corrected chi connectivity index (χ1v) is 4.98. The van der Waals surface area contributed by atoms with Crippen LogP contribution in [0.25, 0.3) is 0 Å². The second kappa shape index (κ2) is 4.79. The lowest BCUT2D eigenvalue weighted by Gasteiger charge is -1.95. The van der Waals surface area contributed by atoms with Crippen molar-refractivity contribution in [2.24, 2.45) is 11.3 Å². The third-order valence-electron chi connectivity index (χ3n) is 2.12. The van der Waals surface area contributed by atoms with Crippen LogP contribution in [0, 0.1) is 11.3 Å². The van der Waals surface area contributed by atoms with Crippen molar-refractivity contribution in [1.29, 1.82) is 0 Å². The smallest absolute Gasteiger partial charge is 0.0354 e. The summed E-state index contributed by atoms with van der Waals surface area (Å²) >= 11 is 0. The second-order valence-corrected chi connectivity index (χ2v) is 4.85. The van der Waals surface area contributed by atoms with Gasteiger partial charge in [0.2, 0.25) is 0 Å². The van der Waals surface area contributed by atoms with Gasteiger partial charge in [0.25, 0.3) is 0 Å². The maximum absolute atomic E-state index is 2.30. The third kappa shape index (κ3) is 10.0. The second-order valence-electron chi connectivity index (χ2n) is 4.85. The van der Waals surface area contributed by atoms with Gasteiger partial charge >= 0.3 is 0 Å². The summed E-state index contributed by atoms with van der Waals surface area (Å²) in [5, 5.41) is 0. The largest absolute Gasteiger partial charge is 0.0654 e. The van der Waals surface area contributed by atoms with Crippen LogP contribution in [0.1, 0.15) is 60.3 Å². The van der Waals surface area contributed by atoms with Crippen molar-refractivity contribution in [1.82, 2.24) is 0 Å². The van der Waals surface area contributed by atoms with Crippen molar-refractivity contribution >= 4 is 0 Å². The summed E-state index contributed by atoms with van der Waals surface area (Å²) in [5.74, 6) is 0.898. The molecule has 68 valence electrons. The molecular formula is C11H24. The van der Waals surface area contributed by atoms with Gasteiger partial charge in [-0.2, -0.15) is 0 Å². The van der Waals surface area contributed by atoms with Crippen molar-refractivity contribution in [2.75, 3.05) is 0 Å². The molecule has 0 saturated heterocycles. The highest BCUT2D eigenvalue weighted by Crippen LogP contribution is 2.43. The molecule has 0 aromatic carbocycles. The van der Waals surface area contributed by atoms with Gasteiger partial charge in [-0.1, -0.05) is 47.5 Å². The first-order chi connectivity index (χ1) is 4.98. The SMILES string of the molecule is CC1(C)CC1.CCCC(C)C. The van der Waals surface area contributed by atoms with Crippen LogP contribution in [-0.4, -0.2) is 0 Å². The van der Waals surface area contributed by atoms with Crippen molar-refractivity contribution in [3.63, 3.8) is 0 Å². The molecule has 0 amide bonds. The maximum atomic E-state index is 2.30. The Kier molecular flexibility index (Phi) is 4.79. The van der Waals surface area contributed by atoms with E-state index in [1.54, 1.807) is 0 Å². The molecule has 1 fully saturated rings. The molecular weight excluding hydrogens is 132 g/mol. The Bertz CT molecular complexity index is 84.2. The molecule has 1 rings (SSSR count). The third-order valence-corrected chi connectivity index (χ3v) is 2.12. The molecule has 0 heterocycles. The zero-order valence-corrected chi connectivity index (χ0v) is 8.91. The van der Waals surface area contributed by atoms with Crippen LogP contribution in [0.15, 0.2) is 0 Å². The predicted molar refractivity (Wildman–Crippen MR) is 52.8 cm³/mol. The minimum atomic E-state index is 0.750. The number of hydrogen-bond donors (Lipinski definition) is 0. The van der Waals surface area contributed by atoms with Gasteiger partial charge < -0.3 is 0 Å². The van der Waals surface area contributed by atoms with E-state index in [4.69, 9.17) is 0 Å². The molecule has 1 saturated carbocycles. The minimum absolute atomic E-state index is 0.750. The highest BCUT2D eigenvalue weighted by Gasteiger charge is 2.30. The van der Waals surface area contributed by atoms with Crippen LogP contribution in [-0.2, 0) is 0 Å². The van der Waals surface area contributed by atoms with E-state index in [1.807, 2.05) is 0 Å². The Balaban J connectivity index is 0.000000183. The number of hydrogen-bond acceptors (Lipinski definition) is 0. The molecule has 0 aromatic rings. The number of rotatable bonds is 2. The van der Waals surface area contributed by atoms with Crippen molar-refractivity contribution in [2.45, 2.75) is 60.3 Å². The van der Waals surface area contributed by atoms with E-state index in [0.29, 0.717) is 0 Å². The highest BCUT2D eigenvalue weighted by atomic mass is 14.4. The summed E-state index contributed by atoms with van der Waals surface area (Å²) in [6, 6.07) is 0. The quantitative estimate of drug-likeness (QED) is 0.560. The molecule has 1 aliphatic rings. The monoisotopic (exact) mass is 156 g/mol. The Morgan fingerprint density at radius 1 is 1.18 bits per heavy atom. The molecule has 0 heteroatoms. The van der Waals surface area contributed by atoms with E-state index in [9.17, 15) is 0 Å². The van der Waals surface area contributed by atoms with Crippen molar-refractivity contribution < 1.29 is 0 Å². The lowest BCUT2D eigenvalue weighted by Crippen LogP contribution is -1.81. The first kappa shape index (κ1) is 11.0. The zero-order valence-electron chi connectivity index (χ0n) is 8.91. The van der Waals surface area contributed by atoms with Crippen LogP contribution >= 0.6 is 0 Å². The molecule has 0 aliphatic heterocycles. The molecule has 0 bridgehead atoms. The molecule has 0 nitrogen and oxygen atoms in total. The van der Waals surface area contributed by atoms with E-state index in [2.05, 4.69) is 34.6 Å². The van der Waals surface area contributed by atoms with Gasteiger partial charge in [-0.15, -0.1) is 0 Å². The Morgan fingerprint density at radius 2 is 1.55 bits per heavy atom. The lowest BCUT2D eigenvalue weighted by molar-refractivity contribution is 0.576. The fourth-order valence-corrected chi connectivity index (χ4v) is 0.827. The van der Waals surface area contributed by atoms with Gasteiger partial charge in [0.05, 0.1) is 0 Å². The fraction of sp³-hybridized carbons (Fsp3) is 1.00. The highest BCUT2D eigenvalue weighted by molar-refractivity contribution is 4.82. The van der Waals surface area contributed by atoms with Gasteiger partial charge in [-0.3, -0.25) is 0 Å². The predicted octanol–water partition coefficient (Wildman–Crippen LogP) is 4.25. The van der Waals surface area contributed by atoms with Gasteiger partial charge in [-0.25, -0.2) is 0 Å². The van der Waals surface area contributed by atoms with Gasteiger partial charge in [0.1, 0.15) is 0 Å². The average Bonchev–Trinajstić information content (AvgIpc) is 2.47. The van der Waals surface area contributed by atoms with Crippen LogP contribution < -0.4 is 0 Å². The van der Waals surface area contributed by atoms with Crippen molar-refractivity contribution in [3.05, 3.63) is 0 Å². The van der Waals surface area contributed by atoms with E-state index < -0.39 is 0 Å². The molecule has 1 aliphatic carbocycles. The molecule has 11 heavy (non-hydrogen) atoms. The molecule has 0 spiro atoms. The summed E-state index contributed by atoms with van der Waals surface area (Å²) in [7, 11) is 0. The van der Waals surface area contributed by atoms with Crippen LogP contribution in [0.5, 0.6) is 0 Å². The molecule has 0 radical (unpaired) electrons. The molecule has 0 atom stereocenters. The maximum Gasteiger partial charge on any atom is -0.0354 e.